The van der Waals surface area contributed by atoms with Gasteiger partial charge in [-0.25, -0.2) is 4.98 Å². The molecule has 0 amide bonds. The number of hydrogen-bond acceptors (Lipinski definition) is 2. The van der Waals surface area contributed by atoms with Crippen molar-refractivity contribution in [2.75, 3.05) is 0 Å². The topological polar surface area (TPSA) is 22.1 Å². The third kappa shape index (κ3) is 3.21. The summed E-state index contributed by atoms with van der Waals surface area (Å²) in [7, 11) is 0. The predicted octanol–water partition coefficient (Wildman–Crippen LogP) is 5.36. The molecule has 0 saturated heterocycles. The molecule has 0 aliphatic heterocycles. The summed E-state index contributed by atoms with van der Waals surface area (Å²) < 4.78 is 7.49. The van der Waals surface area contributed by atoms with E-state index in [1.165, 1.54) is 0 Å². The van der Waals surface area contributed by atoms with Crippen LogP contribution in [0.1, 0.15) is 5.56 Å². The second kappa shape index (κ2) is 5.38. The van der Waals surface area contributed by atoms with Crippen molar-refractivity contribution in [1.82, 2.24) is 4.98 Å². The van der Waals surface area contributed by atoms with E-state index >= 15 is 0 Å². The van der Waals surface area contributed by atoms with E-state index in [1.807, 2.05) is 19.1 Å². The number of hydrogen-bond donors (Lipinski definition) is 0. The molecule has 17 heavy (non-hydrogen) atoms. The average Bonchev–Trinajstić information content (AvgIpc) is 2.29. The van der Waals surface area contributed by atoms with E-state index in [9.17, 15) is 0 Å². The largest absolute Gasteiger partial charge is 0.437 e. The molecule has 1 aromatic heterocycles. The first-order valence-electron chi connectivity index (χ1n) is 4.81. The molecule has 2 nitrogen and oxygen atoms in total. The molecule has 0 aliphatic carbocycles. The van der Waals surface area contributed by atoms with Gasteiger partial charge in [0.25, 0.3) is 0 Å². The van der Waals surface area contributed by atoms with Gasteiger partial charge in [0.05, 0.1) is 5.02 Å². The second-order valence-electron chi connectivity index (χ2n) is 3.45. The quantitative estimate of drug-likeness (QED) is 0.703. The van der Waals surface area contributed by atoms with Crippen LogP contribution in [-0.2, 0) is 0 Å². The summed E-state index contributed by atoms with van der Waals surface area (Å²) in [6, 6.07) is 7.28. The smallest absolute Gasteiger partial charge is 0.219 e. The molecule has 0 spiro atoms. The van der Waals surface area contributed by atoms with Gasteiger partial charge in [-0.1, -0.05) is 27.5 Å². The van der Waals surface area contributed by atoms with Crippen molar-refractivity contribution < 1.29 is 4.74 Å². The van der Waals surface area contributed by atoms with E-state index in [-0.39, 0.29) is 0 Å². The maximum absolute atomic E-state index is 6.03. The number of nitrogens with zero attached hydrogens (tertiary/aromatic N) is 1. The Hall–Kier alpha value is -0.580. The zero-order chi connectivity index (χ0) is 12.4. The van der Waals surface area contributed by atoms with Gasteiger partial charge in [0.15, 0.2) is 0 Å². The minimum Gasteiger partial charge on any atom is -0.437 e. The van der Waals surface area contributed by atoms with Crippen LogP contribution in [0.2, 0.25) is 5.02 Å². The minimum absolute atomic E-state index is 0.519. The summed E-state index contributed by atoms with van der Waals surface area (Å²) >= 11 is 12.8. The van der Waals surface area contributed by atoms with Crippen molar-refractivity contribution in [2.45, 2.75) is 6.92 Å². The van der Waals surface area contributed by atoms with Crippen LogP contribution in [0, 0.1) is 6.92 Å². The van der Waals surface area contributed by atoms with E-state index in [1.54, 1.807) is 18.3 Å². The summed E-state index contributed by atoms with van der Waals surface area (Å²) in [4.78, 5) is 4.16. The highest BCUT2D eigenvalue weighted by molar-refractivity contribution is 9.10. The number of aryl methyl sites for hydroxylation is 1. The van der Waals surface area contributed by atoms with E-state index in [2.05, 4.69) is 36.8 Å². The first-order chi connectivity index (χ1) is 8.06. The molecule has 0 radical (unpaired) electrons. The zero-order valence-electron chi connectivity index (χ0n) is 8.88. The lowest BCUT2D eigenvalue weighted by molar-refractivity contribution is 0.462. The third-order valence-electron chi connectivity index (χ3n) is 2.13. The molecule has 1 aromatic carbocycles. The molecule has 0 N–H and O–H groups in total. The zero-order valence-corrected chi connectivity index (χ0v) is 12.8. The highest BCUT2D eigenvalue weighted by Gasteiger charge is 2.06. The Bertz CT molecular complexity index is 560. The minimum atomic E-state index is 0.519. The van der Waals surface area contributed by atoms with Crippen LogP contribution in [0.15, 0.2) is 39.4 Å². The van der Waals surface area contributed by atoms with Crippen molar-refractivity contribution in [1.29, 1.82) is 0 Å². The lowest BCUT2D eigenvalue weighted by atomic mass is 10.3. The van der Waals surface area contributed by atoms with Crippen molar-refractivity contribution in [2.24, 2.45) is 0 Å². The van der Waals surface area contributed by atoms with Gasteiger partial charge >= 0.3 is 0 Å². The van der Waals surface area contributed by atoms with Gasteiger partial charge in [0.2, 0.25) is 5.88 Å². The van der Waals surface area contributed by atoms with Crippen LogP contribution in [-0.4, -0.2) is 4.98 Å². The van der Waals surface area contributed by atoms with Gasteiger partial charge < -0.3 is 4.74 Å². The summed E-state index contributed by atoms with van der Waals surface area (Å²) in [6.45, 7) is 1.97. The number of benzene rings is 1. The van der Waals surface area contributed by atoms with Crippen molar-refractivity contribution in [3.05, 3.63) is 50.0 Å². The molecule has 88 valence electrons. The monoisotopic (exact) mass is 375 g/mol. The Balaban J connectivity index is 2.31. The molecule has 0 aliphatic rings. The summed E-state index contributed by atoms with van der Waals surface area (Å²) in [5.41, 5.74) is 1.06. The van der Waals surface area contributed by atoms with Crippen molar-refractivity contribution >= 4 is 43.5 Å². The van der Waals surface area contributed by atoms with Gasteiger partial charge in [-0.05, 0) is 46.6 Å². The molecule has 0 fully saturated rings. The molecule has 0 atom stereocenters. The fourth-order valence-electron chi connectivity index (χ4n) is 1.24. The first kappa shape index (κ1) is 12.9. The number of rotatable bonds is 2. The van der Waals surface area contributed by atoms with Crippen LogP contribution in [0.4, 0.5) is 0 Å². The van der Waals surface area contributed by atoms with Crippen LogP contribution in [0.5, 0.6) is 11.6 Å². The van der Waals surface area contributed by atoms with Gasteiger partial charge in [-0.3, -0.25) is 0 Å². The molecule has 0 bridgehead atoms. The Kier molecular flexibility index (Phi) is 4.07. The summed E-state index contributed by atoms with van der Waals surface area (Å²) in [5, 5.41) is 0.551. The predicted molar refractivity (Wildman–Crippen MR) is 75.9 cm³/mol. The maximum atomic E-state index is 6.03. The number of aromatic nitrogens is 1. The van der Waals surface area contributed by atoms with Crippen LogP contribution >= 0.6 is 43.5 Å². The maximum Gasteiger partial charge on any atom is 0.219 e. The average molecular weight is 377 g/mol. The Labute approximate surface area is 121 Å². The normalized spacial score (nSPS) is 10.4. The van der Waals surface area contributed by atoms with E-state index in [0.29, 0.717) is 16.7 Å². The molecule has 2 aromatic rings. The number of pyridine rings is 1. The third-order valence-corrected chi connectivity index (χ3v) is 3.77. The molecule has 0 unspecified atom stereocenters. The van der Waals surface area contributed by atoms with Crippen LogP contribution < -0.4 is 4.74 Å². The van der Waals surface area contributed by atoms with E-state index < -0.39 is 0 Å². The van der Waals surface area contributed by atoms with Crippen molar-refractivity contribution in [3.8, 4) is 11.6 Å². The summed E-state index contributed by atoms with van der Waals surface area (Å²) in [6.07, 6.45) is 1.70. The SMILES string of the molecule is Cc1cc(Oc2cc(Br)ccc2Cl)ncc1Br. The number of halogens is 3. The van der Waals surface area contributed by atoms with Gasteiger partial charge in [-0.15, -0.1) is 0 Å². The van der Waals surface area contributed by atoms with Gasteiger partial charge in [0, 0.05) is 21.2 Å². The fourth-order valence-corrected chi connectivity index (χ4v) is 1.95. The number of ether oxygens (including phenoxy) is 1. The van der Waals surface area contributed by atoms with Crippen LogP contribution in [0.25, 0.3) is 0 Å². The highest BCUT2D eigenvalue weighted by Crippen LogP contribution is 2.32. The molecular formula is C12H8Br2ClNO. The highest BCUT2D eigenvalue weighted by atomic mass is 79.9. The fraction of sp³-hybridized carbons (Fsp3) is 0.0833. The van der Waals surface area contributed by atoms with Gasteiger partial charge in [-0.2, -0.15) is 0 Å². The summed E-state index contributed by atoms with van der Waals surface area (Å²) in [5.74, 6) is 1.10. The van der Waals surface area contributed by atoms with Crippen molar-refractivity contribution in [3.63, 3.8) is 0 Å². The molecule has 2 rings (SSSR count). The second-order valence-corrected chi connectivity index (χ2v) is 5.63. The molecule has 0 saturated carbocycles. The Morgan fingerprint density at radius 1 is 1.24 bits per heavy atom. The molecule has 5 heteroatoms. The molecular weight excluding hydrogens is 369 g/mol. The van der Waals surface area contributed by atoms with Gasteiger partial charge in [0.1, 0.15) is 5.75 Å². The Morgan fingerprint density at radius 3 is 2.71 bits per heavy atom. The Morgan fingerprint density at radius 2 is 2.00 bits per heavy atom. The molecule has 1 heterocycles. The van der Waals surface area contributed by atoms with E-state index in [4.69, 9.17) is 16.3 Å². The standard InChI is InChI=1S/C12H8Br2ClNO/c1-7-4-12(16-6-9(7)14)17-11-5-8(13)2-3-10(11)15/h2-6H,1H3. The first-order valence-corrected chi connectivity index (χ1v) is 6.78. The van der Waals surface area contributed by atoms with E-state index in [0.717, 1.165) is 14.5 Å². The van der Waals surface area contributed by atoms with Crippen LogP contribution in [0.3, 0.4) is 0 Å². The lowest BCUT2D eigenvalue weighted by Crippen LogP contribution is -1.90. The lowest BCUT2D eigenvalue weighted by Gasteiger charge is -2.08.